The van der Waals surface area contributed by atoms with Gasteiger partial charge < -0.3 is 0 Å². The van der Waals surface area contributed by atoms with Gasteiger partial charge in [0.25, 0.3) is 5.69 Å². The average Bonchev–Trinajstić information content (AvgIpc) is 3.13. The van der Waals surface area contributed by atoms with Crippen LogP contribution < -0.4 is 4.90 Å². The molecule has 1 saturated carbocycles. The van der Waals surface area contributed by atoms with Gasteiger partial charge in [-0.25, -0.2) is 0 Å². The van der Waals surface area contributed by atoms with Gasteiger partial charge in [-0.2, -0.15) is 0 Å². The van der Waals surface area contributed by atoms with Crippen LogP contribution >= 0.6 is 0 Å². The van der Waals surface area contributed by atoms with E-state index in [1.807, 2.05) is 12.2 Å². The smallest absolute Gasteiger partial charge is 0.269 e. The molecular formula is C15H12N2O4. The van der Waals surface area contributed by atoms with E-state index in [4.69, 9.17) is 0 Å². The monoisotopic (exact) mass is 284 g/mol. The maximum Gasteiger partial charge on any atom is 0.269 e. The Labute approximate surface area is 120 Å². The van der Waals surface area contributed by atoms with E-state index in [9.17, 15) is 19.7 Å². The molecular weight excluding hydrogens is 272 g/mol. The van der Waals surface area contributed by atoms with Gasteiger partial charge in [0, 0.05) is 12.1 Å². The summed E-state index contributed by atoms with van der Waals surface area (Å²) in [6, 6.07) is 5.56. The van der Waals surface area contributed by atoms with Crippen LogP contribution in [0.25, 0.3) is 0 Å². The van der Waals surface area contributed by atoms with Crippen molar-refractivity contribution < 1.29 is 14.5 Å². The number of fused-ring (bicyclic) bond motifs is 5. The minimum Gasteiger partial charge on any atom is -0.274 e. The highest BCUT2D eigenvalue weighted by molar-refractivity contribution is 6.22. The third-order valence-corrected chi connectivity index (χ3v) is 4.79. The number of amides is 2. The number of nitro groups is 1. The number of rotatable bonds is 2. The highest BCUT2D eigenvalue weighted by atomic mass is 16.6. The van der Waals surface area contributed by atoms with E-state index in [1.165, 1.54) is 29.2 Å². The summed E-state index contributed by atoms with van der Waals surface area (Å²) in [6.45, 7) is 0. The number of non-ortho nitro benzene ring substituents is 1. The lowest BCUT2D eigenvalue weighted by atomic mass is 9.85. The first kappa shape index (κ1) is 12.3. The number of benzene rings is 1. The summed E-state index contributed by atoms with van der Waals surface area (Å²) in [5.74, 6) is -0.504. The largest absolute Gasteiger partial charge is 0.274 e. The number of carbonyl (C=O) groups is 2. The molecule has 6 nitrogen and oxygen atoms in total. The lowest BCUT2D eigenvalue weighted by Gasteiger charge is -2.16. The van der Waals surface area contributed by atoms with Gasteiger partial charge in [-0.05, 0) is 30.4 Å². The Morgan fingerprint density at radius 3 is 2.00 bits per heavy atom. The van der Waals surface area contributed by atoms with Crippen LogP contribution in [0.15, 0.2) is 36.4 Å². The van der Waals surface area contributed by atoms with Crippen LogP contribution in [0.2, 0.25) is 0 Å². The minimum absolute atomic E-state index is 0.0558. The minimum atomic E-state index is -0.504. The summed E-state index contributed by atoms with van der Waals surface area (Å²) in [4.78, 5) is 36.4. The quantitative estimate of drug-likeness (QED) is 0.359. The van der Waals surface area contributed by atoms with E-state index in [-0.39, 0.29) is 41.2 Å². The zero-order chi connectivity index (χ0) is 14.7. The van der Waals surface area contributed by atoms with E-state index in [2.05, 4.69) is 0 Å². The summed E-state index contributed by atoms with van der Waals surface area (Å²) < 4.78 is 0. The predicted octanol–water partition coefficient (Wildman–Crippen LogP) is 1.91. The molecule has 0 unspecified atom stereocenters. The second-order valence-corrected chi connectivity index (χ2v) is 5.79. The fraction of sp³-hybridized carbons (Fsp3) is 0.333. The molecule has 2 fully saturated rings. The fourth-order valence-electron chi connectivity index (χ4n) is 3.88. The molecule has 1 aromatic rings. The third-order valence-electron chi connectivity index (χ3n) is 4.79. The summed E-state index contributed by atoms with van der Waals surface area (Å²) in [6.07, 6.45) is 4.97. The molecule has 3 aliphatic rings. The van der Waals surface area contributed by atoms with Gasteiger partial charge >= 0.3 is 0 Å². The van der Waals surface area contributed by atoms with Crippen molar-refractivity contribution in [1.82, 2.24) is 0 Å². The molecule has 0 aromatic heterocycles. The van der Waals surface area contributed by atoms with Crippen molar-refractivity contribution in [1.29, 1.82) is 0 Å². The second-order valence-electron chi connectivity index (χ2n) is 5.79. The first-order chi connectivity index (χ1) is 10.1. The van der Waals surface area contributed by atoms with E-state index in [0.29, 0.717) is 5.69 Å². The molecule has 0 radical (unpaired) electrons. The van der Waals surface area contributed by atoms with Crippen molar-refractivity contribution in [3.8, 4) is 0 Å². The van der Waals surface area contributed by atoms with E-state index >= 15 is 0 Å². The maximum atomic E-state index is 12.5. The van der Waals surface area contributed by atoms with E-state index < -0.39 is 4.92 Å². The number of anilines is 1. The van der Waals surface area contributed by atoms with Crippen LogP contribution in [0, 0.1) is 33.8 Å². The van der Waals surface area contributed by atoms with Crippen LogP contribution in [0.3, 0.4) is 0 Å². The molecule has 4 atom stereocenters. The molecule has 1 heterocycles. The lowest BCUT2D eigenvalue weighted by Crippen LogP contribution is -2.32. The van der Waals surface area contributed by atoms with Crippen LogP contribution in [0.4, 0.5) is 11.4 Å². The molecule has 6 heteroatoms. The Morgan fingerprint density at radius 1 is 1.00 bits per heavy atom. The van der Waals surface area contributed by atoms with Crippen LogP contribution in [0.1, 0.15) is 6.42 Å². The first-order valence-corrected chi connectivity index (χ1v) is 6.88. The Bertz CT molecular complexity index is 664. The van der Waals surface area contributed by atoms with Crippen LogP contribution in [-0.2, 0) is 9.59 Å². The number of nitro benzene ring substituents is 1. The molecule has 1 aliphatic heterocycles. The summed E-state index contributed by atoms with van der Waals surface area (Å²) in [5, 5.41) is 10.7. The zero-order valence-corrected chi connectivity index (χ0v) is 11.0. The second kappa shape index (κ2) is 4.00. The van der Waals surface area contributed by atoms with Crippen molar-refractivity contribution in [2.45, 2.75) is 6.42 Å². The van der Waals surface area contributed by atoms with Crippen molar-refractivity contribution >= 4 is 23.2 Å². The molecule has 1 saturated heterocycles. The van der Waals surface area contributed by atoms with Crippen molar-refractivity contribution in [2.75, 3.05) is 4.90 Å². The lowest BCUT2D eigenvalue weighted by molar-refractivity contribution is -0.384. The molecule has 4 rings (SSSR count). The summed E-state index contributed by atoms with van der Waals surface area (Å²) >= 11 is 0. The fourth-order valence-corrected chi connectivity index (χ4v) is 3.88. The third kappa shape index (κ3) is 1.53. The summed E-state index contributed by atoms with van der Waals surface area (Å²) in [5.41, 5.74) is 0.365. The molecule has 2 amide bonds. The predicted molar refractivity (Wildman–Crippen MR) is 73.3 cm³/mol. The van der Waals surface area contributed by atoms with E-state index in [1.54, 1.807) is 0 Å². The number of hydrogen-bond donors (Lipinski definition) is 0. The molecule has 21 heavy (non-hydrogen) atoms. The zero-order valence-electron chi connectivity index (χ0n) is 11.0. The SMILES string of the molecule is O=C1[C@@H]2[C@@H](C(=O)N1c1ccc([N+](=O)[O-])cc1)[C@H]1C=C[C@H]2C1. The Morgan fingerprint density at radius 2 is 1.52 bits per heavy atom. The highest BCUT2D eigenvalue weighted by Gasteiger charge is 2.59. The number of allylic oxidation sites excluding steroid dienone is 2. The number of hydrogen-bond acceptors (Lipinski definition) is 4. The average molecular weight is 284 g/mol. The van der Waals surface area contributed by atoms with Crippen molar-refractivity contribution in [3.63, 3.8) is 0 Å². The van der Waals surface area contributed by atoms with Gasteiger partial charge in [0.2, 0.25) is 11.8 Å². The first-order valence-electron chi connectivity index (χ1n) is 6.88. The number of imide groups is 1. The van der Waals surface area contributed by atoms with Gasteiger partial charge in [-0.15, -0.1) is 0 Å². The van der Waals surface area contributed by atoms with Crippen LogP contribution in [0.5, 0.6) is 0 Å². The normalized spacial score (nSPS) is 32.9. The Balaban J connectivity index is 1.69. The van der Waals surface area contributed by atoms with Crippen LogP contribution in [-0.4, -0.2) is 16.7 Å². The Hall–Kier alpha value is -2.50. The van der Waals surface area contributed by atoms with Gasteiger partial charge in [0.15, 0.2) is 0 Å². The summed E-state index contributed by atoms with van der Waals surface area (Å²) in [7, 11) is 0. The molecule has 106 valence electrons. The standard InChI is InChI=1S/C15H12N2O4/c18-14-12-8-1-2-9(7-8)13(12)15(19)16(14)10-3-5-11(6-4-10)17(20)21/h1-6,8-9,12-13H,7H2/t8-,9-,12-,13-/m0/s1. The van der Waals surface area contributed by atoms with Crippen molar-refractivity contribution in [3.05, 3.63) is 46.5 Å². The maximum absolute atomic E-state index is 12.5. The molecule has 0 N–H and O–H groups in total. The molecule has 1 aromatic carbocycles. The van der Waals surface area contributed by atoms with Gasteiger partial charge in [0.05, 0.1) is 22.4 Å². The highest BCUT2D eigenvalue weighted by Crippen LogP contribution is 2.53. The Kier molecular flexibility index (Phi) is 2.34. The topological polar surface area (TPSA) is 80.5 Å². The number of carbonyl (C=O) groups excluding carboxylic acids is 2. The van der Waals surface area contributed by atoms with Gasteiger partial charge in [-0.1, -0.05) is 12.2 Å². The van der Waals surface area contributed by atoms with E-state index in [0.717, 1.165) is 6.42 Å². The molecule has 2 aliphatic carbocycles. The van der Waals surface area contributed by atoms with Gasteiger partial charge in [0.1, 0.15) is 0 Å². The van der Waals surface area contributed by atoms with Crippen molar-refractivity contribution in [2.24, 2.45) is 23.7 Å². The van der Waals surface area contributed by atoms with Gasteiger partial charge in [-0.3, -0.25) is 24.6 Å². The number of nitrogens with zero attached hydrogens (tertiary/aromatic N) is 2. The molecule has 2 bridgehead atoms. The molecule has 0 spiro atoms.